The number of carbonyl (C=O) groups excluding carboxylic acids is 2. The summed E-state index contributed by atoms with van der Waals surface area (Å²) in [6, 6.07) is 6.22. The Kier molecular flexibility index (Phi) is 3.74. The number of amides is 1. The third-order valence-electron chi connectivity index (χ3n) is 3.50. The predicted molar refractivity (Wildman–Crippen MR) is 68.7 cm³/mol. The second-order valence-electron chi connectivity index (χ2n) is 4.87. The molecule has 0 radical (unpaired) electrons. The number of rotatable bonds is 2. The Morgan fingerprint density at radius 1 is 1.37 bits per heavy atom. The van der Waals surface area contributed by atoms with E-state index in [1.54, 1.807) is 17.0 Å². The van der Waals surface area contributed by atoms with Crippen LogP contribution < -0.4 is 0 Å². The summed E-state index contributed by atoms with van der Waals surface area (Å²) in [7, 11) is 1.36. The molecule has 1 amide bonds. The number of phenolic OH excluding ortho intramolecular Hbond substituents is 1. The maximum absolute atomic E-state index is 12.3. The SMILES string of the molecule is COC(=O)C1CN(C(=O)c2cccc(O)c2)CC1C. The molecular weight excluding hydrogens is 246 g/mol. The van der Waals surface area contributed by atoms with Gasteiger partial charge in [0.2, 0.25) is 0 Å². The van der Waals surface area contributed by atoms with Crippen LogP contribution in [0.4, 0.5) is 0 Å². The fourth-order valence-electron chi connectivity index (χ4n) is 2.41. The topological polar surface area (TPSA) is 66.8 Å². The van der Waals surface area contributed by atoms with Gasteiger partial charge in [-0.1, -0.05) is 13.0 Å². The Bertz CT molecular complexity index is 500. The molecule has 102 valence electrons. The number of phenols is 1. The van der Waals surface area contributed by atoms with Gasteiger partial charge in [-0.15, -0.1) is 0 Å². The lowest BCUT2D eigenvalue weighted by Crippen LogP contribution is -2.30. The zero-order chi connectivity index (χ0) is 14.0. The van der Waals surface area contributed by atoms with E-state index in [-0.39, 0.29) is 29.5 Å². The molecule has 0 spiro atoms. The molecule has 2 rings (SSSR count). The first-order valence-electron chi connectivity index (χ1n) is 6.19. The van der Waals surface area contributed by atoms with Crippen molar-refractivity contribution in [3.8, 4) is 5.75 Å². The second-order valence-corrected chi connectivity index (χ2v) is 4.87. The average molecular weight is 263 g/mol. The molecule has 1 aromatic rings. The highest BCUT2D eigenvalue weighted by molar-refractivity contribution is 5.95. The highest BCUT2D eigenvalue weighted by atomic mass is 16.5. The van der Waals surface area contributed by atoms with Crippen LogP contribution in [0.2, 0.25) is 0 Å². The molecule has 1 fully saturated rings. The summed E-state index contributed by atoms with van der Waals surface area (Å²) in [5, 5.41) is 9.39. The Labute approximate surface area is 111 Å². The fraction of sp³-hybridized carbons (Fsp3) is 0.429. The number of hydrogen-bond acceptors (Lipinski definition) is 4. The summed E-state index contributed by atoms with van der Waals surface area (Å²) in [5.74, 6) is -0.588. The summed E-state index contributed by atoms with van der Waals surface area (Å²) in [4.78, 5) is 25.5. The van der Waals surface area contributed by atoms with Gasteiger partial charge in [-0.05, 0) is 24.1 Å². The number of methoxy groups -OCH3 is 1. The van der Waals surface area contributed by atoms with Crippen molar-refractivity contribution in [2.45, 2.75) is 6.92 Å². The molecule has 2 unspecified atom stereocenters. The largest absolute Gasteiger partial charge is 0.508 e. The van der Waals surface area contributed by atoms with E-state index in [0.717, 1.165) is 0 Å². The number of likely N-dealkylation sites (tertiary alicyclic amines) is 1. The molecule has 0 bridgehead atoms. The van der Waals surface area contributed by atoms with Gasteiger partial charge in [-0.25, -0.2) is 0 Å². The van der Waals surface area contributed by atoms with Crippen molar-refractivity contribution < 1.29 is 19.4 Å². The number of ether oxygens (including phenoxy) is 1. The Morgan fingerprint density at radius 3 is 2.74 bits per heavy atom. The lowest BCUT2D eigenvalue weighted by atomic mass is 9.99. The number of esters is 1. The minimum atomic E-state index is -0.279. The number of aromatic hydroxyl groups is 1. The minimum Gasteiger partial charge on any atom is -0.508 e. The Balaban J connectivity index is 2.12. The van der Waals surface area contributed by atoms with E-state index >= 15 is 0 Å². The molecule has 19 heavy (non-hydrogen) atoms. The minimum absolute atomic E-state index is 0.0580. The zero-order valence-electron chi connectivity index (χ0n) is 11.0. The average Bonchev–Trinajstić information content (AvgIpc) is 2.79. The molecule has 0 aromatic heterocycles. The summed E-state index contributed by atoms with van der Waals surface area (Å²) in [5.41, 5.74) is 0.428. The highest BCUT2D eigenvalue weighted by Gasteiger charge is 2.37. The van der Waals surface area contributed by atoms with Gasteiger partial charge in [-0.2, -0.15) is 0 Å². The molecule has 1 saturated heterocycles. The molecule has 0 aliphatic carbocycles. The van der Waals surface area contributed by atoms with E-state index in [0.29, 0.717) is 18.7 Å². The van der Waals surface area contributed by atoms with Crippen LogP contribution in [0.1, 0.15) is 17.3 Å². The molecule has 2 atom stereocenters. The van der Waals surface area contributed by atoms with Crippen molar-refractivity contribution >= 4 is 11.9 Å². The number of hydrogen-bond donors (Lipinski definition) is 1. The van der Waals surface area contributed by atoms with E-state index in [1.165, 1.54) is 19.2 Å². The second kappa shape index (κ2) is 5.30. The summed E-state index contributed by atoms with van der Waals surface area (Å²) >= 11 is 0. The number of benzene rings is 1. The maximum Gasteiger partial charge on any atom is 0.310 e. The third kappa shape index (κ3) is 2.70. The molecule has 1 aromatic carbocycles. The van der Waals surface area contributed by atoms with Gasteiger partial charge >= 0.3 is 5.97 Å². The lowest BCUT2D eigenvalue weighted by molar-refractivity contribution is -0.146. The van der Waals surface area contributed by atoms with Gasteiger partial charge in [0.15, 0.2) is 0 Å². The van der Waals surface area contributed by atoms with Crippen molar-refractivity contribution in [2.75, 3.05) is 20.2 Å². The van der Waals surface area contributed by atoms with Gasteiger partial charge < -0.3 is 14.7 Å². The first kappa shape index (κ1) is 13.4. The monoisotopic (exact) mass is 263 g/mol. The standard InChI is InChI=1S/C14H17NO4/c1-9-7-15(8-12(9)14(18)19-2)13(17)10-4-3-5-11(16)6-10/h3-6,9,12,16H,7-8H2,1-2H3. The summed E-state index contributed by atoms with van der Waals surface area (Å²) < 4.78 is 4.74. The van der Waals surface area contributed by atoms with Crippen molar-refractivity contribution in [1.82, 2.24) is 4.90 Å². The van der Waals surface area contributed by atoms with Gasteiger partial charge in [0.1, 0.15) is 5.75 Å². The van der Waals surface area contributed by atoms with Crippen LogP contribution >= 0.6 is 0 Å². The van der Waals surface area contributed by atoms with E-state index in [9.17, 15) is 14.7 Å². The lowest BCUT2D eigenvalue weighted by Gasteiger charge is -2.16. The van der Waals surface area contributed by atoms with Gasteiger partial charge in [0.25, 0.3) is 5.91 Å². The number of nitrogens with zero attached hydrogens (tertiary/aromatic N) is 1. The Hall–Kier alpha value is -2.04. The molecule has 5 nitrogen and oxygen atoms in total. The maximum atomic E-state index is 12.3. The van der Waals surface area contributed by atoms with Crippen LogP contribution in [0.15, 0.2) is 24.3 Å². The zero-order valence-corrected chi connectivity index (χ0v) is 11.0. The molecule has 5 heteroatoms. The van der Waals surface area contributed by atoms with E-state index in [1.807, 2.05) is 6.92 Å². The smallest absolute Gasteiger partial charge is 0.310 e. The Morgan fingerprint density at radius 2 is 2.11 bits per heavy atom. The van der Waals surface area contributed by atoms with Crippen molar-refractivity contribution in [3.63, 3.8) is 0 Å². The molecule has 1 aliphatic heterocycles. The van der Waals surface area contributed by atoms with Crippen LogP contribution in [0.3, 0.4) is 0 Å². The van der Waals surface area contributed by atoms with E-state index < -0.39 is 0 Å². The van der Waals surface area contributed by atoms with Crippen molar-refractivity contribution in [2.24, 2.45) is 11.8 Å². The predicted octanol–water partition coefficient (Wildman–Crippen LogP) is 1.27. The van der Waals surface area contributed by atoms with Gasteiger partial charge in [0, 0.05) is 18.7 Å². The third-order valence-corrected chi connectivity index (χ3v) is 3.50. The first-order valence-corrected chi connectivity index (χ1v) is 6.19. The van der Waals surface area contributed by atoms with Crippen LogP contribution in [-0.2, 0) is 9.53 Å². The van der Waals surface area contributed by atoms with E-state index in [2.05, 4.69) is 0 Å². The molecule has 1 N–H and O–H groups in total. The van der Waals surface area contributed by atoms with Crippen LogP contribution in [0.25, 0.3) is 0 Å². The molecule has 1 heterocycles. The molecule has 0 saturated carbocycles. The molecule has 1 aliphatic rings. The summed E-state index contributed by atoms with van der Waals surface area (Å²) in [6.45, 7) is 2.81. The van der Waals surface area contributed by atoms with Crippen molar-refractivity contribution in [3.05, 3.63) is 29.8 Å². The quantitative estimate of drug-likeness (QED) is 0.816. The van der Waals surface area contributed by atoms with Crippen LogP contribution in [-0.4, -0.2) is 42.1 Å². The van der Waals surface area contributed by atoms with E-state index in [4.69, 9.17) is 4.74 Å². The van der Waals surface area contributed by atoms with Crippen molar-refractivity contribution in [1.29, 1.82) is 0 Å². The fourth-order valence-corrected chi connectivity index (χ4v) is 2.41. The van der Waals surface area contributed by atoms with Gasteiger partial charge in [-0.3, -0.25) is 9.59 Å². The normalized spacial score (nSPS) is 22.3. The highest BCUT2D eigenvalue weighted by Crippen LogP contribution is 2.26. The summed E-state index contributed by atoms with van der Waals surface area (Å²) in [6.07, 6.45) is 0. The first-order chi connectivity index (χ1) is 9.02. The number of carbonyl (C=O) groups is 2. The molecular formula is C14H17NO4. The van der Waals surface area contributed by atoms with Gasteiger partial charge in [0.05, 0.1) is 13.0 Å². The van der Waals surface area contributed by atoms with Crippen LogP contribution in [0, 0.1) is 11.8 Å². The van der Waals surface area contributed by atoms with Crippen LogP contribution in [0.5, 0.6) is 5.75 Å².